The summed E-state index contributed by atoms with van der Waals surface area (Å²) in [5.41, 5.74) is 20.6. The van der Waals surface area contributed by atoms with E-state index in [0.29, 0.717) is 84.3 Å². The van der Waals surface area contributed by atoms with E-state index in [1.54, 1.807) is 28.1 Å². The molecule has 3 fully saturated rings. The van der Waals surface area contributed by atoms with E-state index in [2.05, 4.69) is 80.6 Å². The van der Waals surface area contributed by atoms with Crippen LogP contribution in [0.5, 0.6) is 23.0 Å². The molecule has 678 valence electrons. The van der Waals surface area contributed by atoms with Gasteiger partial charge in [-0.2, -0.15) is 4.98 Å². The first-order valence-electron chi connectivity index (χ1n) is 40.0. The molecule has 0 bridgehead atoms. The zero-order chi connectivity index (χ0) is 91.6. The van der Waals surface area contributed by atoms with Crippen molar-refractivity contribution in [3.63, 3.8) is 0 Å². The molecule has 126 heavy (non-hydrogen) atoms. The molecule has 46 heteroatoms. The molecule has 5 aromatic rings. The number of benzene rings is 3. The van der Waals surface area contributed by atoms with Gasteiger partial charge in [-0.3, -0.25) is 77.8 Å². The summed E-state index contributed by atoms with van der Waals surface area (Å²) in [6.45, 7) is 13.2. The number of fused-ring (bicyclic) bond motifs is 3. The molecule has 0 saturated carbocycles. The average Bonchev–Trinajstić information content (AvgIpc) is 1.47. The number of nitrogens with zero attached hydrogens (tertiary/aromatic N) is 7. The van der Waals surface area contributed by atoms with Crippen LogP contribution < -0.4 is 84.2 Å². The third kappa shape index (κ3) is 27.2. The second-order valence-corrected chi connectivity index (χ2v) is 32.7. The van der Waals surface area contributed by atoms with Crippen molar-refractivity contribution in [2.45, 2.75) is 151 Å². The van der Waals surface area contributed by atoms with Crippen LogP contribution in [0.3, 0.4) is 0 Å². The van der Waals surface area contributed by atoms with Crippen LogP contribution in [0.1, 0.15) is 128 Å². The van der Waals surface area contributed by atoms with Crippen LogP contribution in [0, 0.1) is 11.3 Å². The number of amides is 9. The lowest BCUT2D eigenvalue weighted by atomic mass is 10.1. The summed E-state index contributed by atoms with van der Waals surface area (Å²) in [5, 5.41) is 65.8. The fourth-order valence-corrected chi connectivity index (χ4v) is 16.4. The highest BCUT2D eigenvalue weighted by Crippen LogP contribution is 2.41. The van der Waals surface area contributed by atoms with Gasteiger partial charge in [0, 0.05) is 73.6 Å². The number of likely N-dealkylation sites (tertiary alicyclic amines) is 1. The Kier molecular flexibility index (Phi) is 34.9. The number of nitrogens with two attached hydrogens (primary N) is 3. The van der Waals surface area contributed by atoms with Gasteiger partial charge in [0.2, 0.25) is 35.5 Å². The minimum Gasteiger partial charge on any atom is -0.493 e. The Bertz CT molecular complexity index is 5020. The molecular formula is C80H102N20O24S2. The number of aliphatic imine (C=N–C) groups is 1. The number of nitrogen functional groups attached to an aromatic ring is 2. The lowest BCUT2D eigenvalue weighted by molar-refractivity contribution is -0.143. The maximum absolute atomic E-state index is 14.5. The minimum absolute atomic E-state index is 0.00900. The number of aromatic nitrogens is 4. The van der Waals surface area contributed by atoms with E-state index in [1.807, 2.05) is 13.8 Å². The van der Waals surface area contributed by atoms with Gasteiger partial charge in [-0.1, -0.05) is 59.7 Å². The molecule has 3 saturated heterocycles. The third-order valence-corrected chi connectivity index (χ3v) is 23.3. The van der Waals surface area contributed by atoms with Gasteiger partial charge >= 0.3 is 30.0 Å². The van der Waals surface area contributed by atoms with Crippen molar-refractivity contribution in [1.82, 2.24) is 71.9 Å². The Balaban J connectivity index is 0.719. The van der Waals surface area contributed by atoms with E-state index in [9.17, 15) is 87.5 Å². The summed E-state index contributed by atoms with van der Waals surface area (Å²) < 4.78 is 35.5. The number of nitrogens with one attached hydrogen (secondary N) is 10. The first-order valence-corrected chi connectivity index (χ1v) is 42.3. The number of carbonyl (C=O) groups is 13. The number of ether oxygens (including phenoxy) is 6. The van der Waals surface area contributed by atoms with E-state index >= 15 is 0 Å². The predicted octanol–water partition coefficient (Wildman–Crippen LogP) is 2.00. The van der Waals surface area contributed by atoms with Crippen molar-refractivity contribution in [2.24, 2.45) is 16.6 Å². The molecule has 9 atom stereocenters. The van der Waals surface area contributed by atoms with Crippen LogP contribution in [0.15, 0.2) is 88.8 Å². The van der Waals surface area contributed by atoms with Crippen LogP contribution in [-0.2, 0) is 59.2 Å². The molecule has 0 aliphatic carbocycles. The lowest BCUT2D eigenvalue weighted by Crippen LogP contribution is -2.59. The number of hydrogen-bond acceptors (Lipinski definition) is 30. The van der Waals surface area contributed by atoms with Crippen LogP contribution in [-0.4, -0.2) is 277 Å². The second kappa shape index (κ2) is 45.7. The van der Waals surface area contributed by atoms with Crippen LogP contribution in [0.2, 0.25) is 0 Å². The van der Waals surface area contributed by atoms with Gasteiger partial charge in [-0.15, -0.1) is 0 Å². The number of guanidine groups is 1. The van der Waals surface area contributed by atoms with Crippen molar-refractivity contribution >= 4 is 145 Å². The smallest absolute Gasteiger partial charge is 0.412 e. The van der Waals surface area contributed by atoms with Gasteiger partial charge in [0.05, 0.1) is 112 Å². The van der Waals surface area contributed by atoms with E-state index in [0.717, 1.165) is 5.57 Å². The van der Waals surface area contributed by atoms with Crippen molar-refractivity contribution < 1.29 is 111 Å². The Morgan fingerprint density at radius 3 is 1.98 bits per heavy atom. The molecular weight excluding hydrogens is 1690 g/mol. The second-order valence-electron chi connectivity index (χ2n) is 30.0. The number of unbranched alkanes of at least 4 members (excludes halogenated alkanes) is 2. The number of aliphatic carboxylic acids is 4. The molecule has 1 unspecified atom stereocenters. The topological polar surface area (TPSA) is 650 Å². The maximum atomic E-state index is 14.5. The van der Waals surface area contributed by atoms with Crippen molar-refractivity contribution in [3.8, 4) is 23.0 Å². The Morgan fingerprint density at radius 1 is 0.706 bits per heavy atom. The fraction of sp³-hybridized carbons (Fsp3) is 0.463. The van der Waals surface area contributed by atoms with Gasteiger partial charge in [0.25, 0.3) is 23.3 Å². The summed E-state index contributed by atoms with van der Waals surface area (Å²) in [4.78, 5) is 209. The van der Waals surface area contributed by atoms with Crippen LogP contribution in [0.4, 0.5) is 27.8 Å². The third-order valence-electron chi connectivity index (χ3n) is 20.2. The number of aromatic amines is 1. The van der Waals surface area contributed by atoms with Crippen LogP contribution in [0.25, 0.3) is 11.2 Å². The number of carboxylic acids is 4. The Hall–Kier alpha value is -13.5. The SMILES string of the molecule is C=C1C[C@H]2C=Nc3cc(OCCCCCOc4cc(N)c(C(=O)N5CC(=C)C[C@H]5C5OCCN5C(=O)OC[C@@H](SSCCNC(=O)[C@H](CC(=O)O)NC(=O)[C@H](CC(=O)O)NC(=O)[C@H](CCCNC(=N)N)NC(=O)[C@H](CC(=O)O)NC(=O)CC[C@H](NC(=O)c5ccc(NCc6cnc7nc(N)[nH]c(=O)c7n6)cc5)C(=O)O)C(C)C)cc4OC)c(OC)cc3C(=O)N2C1. The summed E-state index contributed by atoms with van der Waals surface area (Å²) >= 11 is 0. The molecule has 6 heterocycles. The number of carbonyl (C=O) groups excluding carboxylic acids is 9. The highest BCUT2D eigenvalue weighted by Gasteiger charge is 2.46. The van der Waals surface area contributed by atoms with Gasteiger partial charge in [0.15, 0.2) is 46.3 Å². The quantitative estimate of drug-likeness (QED) is 0.00661. The highest BCUT2D eigenvalue weighted by atomic mass is 33.1. The molecule has 44 nitrogen and oxygen atoms in total. The summed E-state index contributed by atoms with van der Waals surface area (Å²) in [5.74, 6) is -13.2. The standard InChI is InChI=1S/C80H102N20O24S2/c1-40(2)61(39-124-80(118)98-20-23-123-76(98)56-26-42(4)38-100(56)74(114)47-27-57(119-5)59(29-49(47)81)121-21-8-7-9-22-122-60-30-52-48(28-58(60)120-6)75(115)99-37-41(3)25-46(99)36-88-52)126-125-24-19-85-69(109)53(31-63(102)103)94-72(112)55(33-65(106)107)95-70(110)50(11-10-18-86-78(82)83)92-71(111)54(32-64(104)105)91-62(101)17-16-51(77(116)117)93-68(108)43-12-14-44(15-13-43)87-34-45-35-89-67-66(90-45)73(113)97-79(84)96-67/h12-15,27-30,35-36,40,46,50-51,53-56,61,76,87H,3-4,7-11,16-26,31-34,37-39,81H2,1-2,5-6H3,(H,85,109)(H,91,101)(H,92,111)(H,93,108)(H,94,112)(H,95,110)(H,102,103)(H,104,105)(H,106,107)(H,116,117)(H4,82,83,86)(H3,84,89,96,97,113)/t46-,50-,51-,53-,54-,55-,56-,61+,76?/m0/s1. The largest absolute Gasteiger partial charge is 0.493 e. The van der Waals surface area contributed by atoms with E-state index in [-0.39, 0.29) is 134 Å². The molecule has 4 aliphatic heterocycles. The number of hydrogen-bond donors (Lipinski definition) is 17. The number of carboxylic acid groups (broad SMARTS) is 4. The van der Waals surface area contributed by atoms with Crippen molar-refractivity contribution in [3.05, 3.63) is 112 Å². The monoisotopic (exact) mass is 1790 g/mol. The van der Waals surface area contributed by atoms with Crippen molar-refractivity contribution in [2.75, 3.05) is 95.9 Å². The van der Waals surface area contributed by atoms with E-state index < -0.39 is 164 Å². The lowest BCUT2D eigenvalue weighted by Gasteiger charge is -2.33. The molecule has 4 aliphatic rings. The normalized spacial score (nSPS) is 16.6. The van der Waals surface area contributed by atoms with Crippen LogP contribution >= 0.6 is 21.6 Å². The van der Waals surface area contributed by atoms with Gasteiger partial charge < -0.3 is 118 Å². The number of rotatable bonds is 47. The average molecular weight is 1790 g/mol. The fourth-order valence-electron chi connectivity index (χ4n) is 13.7. The zero-order valence-electron chi connectivity index (χ0n) is 69.4. The summed E-state index contributed by atoms with van der Waals surface area (Å²) in [7, 11) is 5.51. The molecule has 0 spiro atoms. The van der Waals surface area contributed by atoms with Gasteiger partial charge in [-0.25, -0.2) is 19.6 Å². The van der Waals surface area contributed by atoms with Gasteiger partial charge in [-0.05, 0) is 93.7 Å². The number of methoxy groups -OCH3 is 2. The molecule has 9 amide bonds. The molecule has 2 aromatic heterocycles. The Labute approximate surface area is 728 Å². The van der Waals surface area contributed by atoms with E-state index in [1.165, 1.54) is 83.3 Å². The molecule has 3 aromatic carbocycles. The number of anilines is 3. The highest BCUT2D eigenvalue weighted by molar-refractivity contribution is 8.77. The summed E-state index contributed by atoms with van der Waals surface area (Å²) in [6.07, 6.45) is -0.739. The van der Waals surface area contributed by atoms with E-state index in [4.69, 9.17) is 51.0 Å². The Morgan fingerprint density at radius 2 is 1.33 bits per heavy atom. The van der Waals surface area contributed by atoms with Gasteiger partial charge in [0.1, 0.15) is 36.8 Å². The first-order chi connectivity index (χ1) is 60.1. The number of H-pyrrole nitrogens is 1. The summed E-state index contributed by atoms with van der Waals surface area (Å²) in [6, 6.07) is 1.78. The molecule has 9 rings (SSSR count). The molecule has 20 N–H and O–H groups in total. The minimum atomic E-state index is -2.08. The predicted molar refractivity (Wildman–Crippen MR) is 458 cm³/mol. The molecule has 0 radical (unpaired) electrons. The first kappa shape index (κ1) is 96.3. The zero-order valence-corrected chi connectivity index (χ0v) is 71.0. The maximum Gasteiger partial charge on any atom is 0.412 e. The van der Waals surface area contributed by atoms with Crippen molar-refractivity contribution in [1.29, 1.82) is 5.41 Å².